The molecular weight excluding hydrogens is 457 g/mol. The molecule has 7 nitrogen and oxygen atoms in total. The second-order valence-electron chi connectivity index (χ2n) is 9.33. The Bertz CT molecular complexity index is 1250. The largest absolute Gasteiger partial charge is 0.416 e. The van der Waals surface area contributed by atoms with Gasteiger partial charge in [0.05, 0.1) is 12.1 Å². The minimum Gasteiger partial charge on any atom is -0.381 e. The Hall–Kier alpha value is -3.40. The van der Waals surface area contributed by atoms with Crippen LogP contribution in [-0.2, 0) is 26.2 Å². The maximum absolute atomic E-state index is 14.0. The molecule has 0 radical (unpaired) electrons. The number of anilines is 2. The van der Waals surface area contributed by atoms with Gasteiger partial charge in [-0.25, -0.2) is 0 Å². The molecule has 35 heavy (non-hydrogen) atoms. The summed E-state index contributed by atoms with van der Waals surface area (Å²) in [5.74, 6) is 0.496. The summed E-state index contributed by atoms with van der Waals surface area (Å²) in [6.07, 6.45) is -1.45. The van der Waals surface area contributed by atoms with Gasteiger partial charge in [-0.15, -0.1) is 10.2 Å². The van der Waals surface area contributed by atoms with Crippen LogP contribution in [-0.4, -0.2) is 39.8 Å². The number of nitrogens with zero attached hydrogens (tertiary/aromatic N) is 4. The fourth-order valence-electron chi connectivity index (χ4n) is 4.85. The SMILES string of the molecule is C[C@H](Cc1nncn1C)c1cccc(N2Cc3c(cc(N[C@H]4CCNC4)cc3C(F)(F)F)C2=O)c1. The number of carbonyl (C=O) groups excluding carboxylic acids is 1. The number of benzene rings is 2. The highest BCUT2D eigenvalue weighted by Gasteiger charge is 2.40. The van der Waals surface area contributed by atoms with E-state index in [0.29, 0.717) is 24.3 Å². The predicted octanol–water partition coefficient (Wildman–Crippen LogP) is 4.11. The summed E-state index contributed by atoms with van der Waals surface area (Å²) >= 11 is 0. The van der Waals surface area contributed by atoms with Gasteiger partial charge in [0, 0.05) is 43.0 Å². The molecule has 2 aliphatic rings. The van der Waals surface area contributed by atoms with Crippen molar-refractivity contribution in [3.05, 3.63) is 70.8 Å². The van der Waals surface area contributed by atoms with Gasteiger partial charge in [0.1, 0.15) is 12.2 Å². The molecule has 2 atom stereocenters. The van der Waals surface area contributed by atoms with Crippen molar-refractivity contribution in [3.8, 4) is 0 Å². The molecule has 1 saturated heterocycles. The highest BCUT2D eigenvalue weighted by atomic mass is 19.4. The van der Waals surface area contributed by atoms with Crippen molar-refractivity contribution in [2.75, 3.05) is 23.3 Å². The standard InChI is InChI=1S/C25H27F3N6O/c1-15(8-23-32-30-14-33(23)2)16-4-3-5-19(9-16)34-13-21-20(24(34)35)10-18(11-22(21)25(26,27)28)31-17-6-7-29-12-17/h3-5,9-11,14-15,17,29,31H,6-8,12-13H2,1-2H3/t15-,17+/m1/s1. The van der Waals surface area contributed by atoms with E-state index in [4.69, 9.17) is 0 Å². The first kappa shape index (κ1) is 23.3. The van der Waals surface area contributed by atoms with E-state index in [9.17, 15) is 18.0 Å². The summed E-state index contributed by atoms with van der Waals surface area (Å²) in [7, 11) is 1.88. The number of aryl methyl sites for hydroxylation is 1. The summed E-state index contributed by atoms with van der Waals surface area (Å²) in [6.45, 7) is 3.42. The van der Waals surface area contributed by atoms with Crippen molar-refractivity contribution >= 4 is 17.3 Å². The number of amides is 1. The van der Waals surface area contributed by atoms with Crippen LogP contribution in [0.2, 0.25) is 0 Å². The van der Waals surface area contributed by atoms with Gasteiger partial charge >= 0.3 is 6.18 Å². The minimum atomic E-state index is -4.56. The molecule has 2 N–H and O–H groups in total. The quantitative estimate of drug-likeness (QED) is 0.551. The Balaban J connectivity index is 1.44. The fraction of sp³-hybridized carbons (Fsp3) is 0.400. The number of fused-ring (bicyclic) bond motifs is 1. The van der Waals surface area contributed by atoms with Gasteiger partial charge in [-0.2, -0.15) is 13.2 Å². The van der Waals surface area contributed by atoms with Gasteiger partial charge < -0.3 is 20.1 Å². The summed E-state index contributed by atoms with van der Waals surface area (Å²) in [5, 5.41) is 14.4. The fourth-order valence-corrected chi connectivity index (χ4v) is 4.85. The summed E-state index contributed by atoms with van der Waals surface area (Å²) in [6, 6.07) is 10.2. The molecule has 3 heterocycles. The van der Waals surface area contributed by atoms with Crippen LogP contribution in [0.5, 0.6) is 0 Å². The van der Waals surface area contributed by atoms with E-state index < -0.39 is 17.6 Å². The highest BCUT2D eigenvalue weighted by Crippen LogP contribution is 2.41. The number of hydrogen-bond acceptors (Lipinski definition) is 5. The molecule has 3 aromatic rings. The van der Waals surface area contributed by atoms with Crippen LogP contribution in [0, 0.1) is 0 Å². The van der Waals surface area contributed by atoms with E-state index in [-0.39, 0.29) is 29.6 Å². The normalized spacial score (nSPS) is 18.7. The molecule has 1 fully saturated rings. The van der Waals surface area contributed by atoms with Crippen LogP contribution in [0.1, 0.15) is 52.1 Å². The third kappa shape index (κ3) is 4.62. The van der Waals surface area contributed by atoms with Gasteiger partial charge in [-0.05, 0) is 54.3 Å². The van der Waals surface area contributed by atoms with E-state index in [1.165, 1.54) is 4.90 Å². The molecule has 10 heteroatoms. The zero-order valence-electron chi connectivity index (χ0n) is 19.6. The smallest absolute Gasteiger partial charge is 0.381 e. The lowest BCUT2D eigenvalue weighted by molar-refractivity contribution is -0.138. The van der Waals surface area contributed by atoms with Gasteiger partial charge in [0.15, 0.2) is 0 Å². The van der Waals surface area contributed by atoms with Gasteiger partial charge in [-0.3, -0.25) is 4.79 Å². The Morgan fingerprint density at radius 3 is 2.77 bits per heavy atom. The van der Waals surface area contributed by atoms with Crippen molar-refractivity contribution in [2.24, 2.45) is 7.05 Å². The van der Waals surface area contributed by atoms with Crippen molar-refractivity contribution < 1.29 is 18.0 Å². The molecule has 2 aromatic carbocycles. The van der Waals surface area contributed by atoms with Crippen LogP contribution < -0.4 is 15.5 Å². The molecule has 1 aromatic heterocycles. The number of hydrogen-bond donors (Lipinski definition) is 2. The Morgan fingerprint density at radius 1 is 1.26 bits per heavy atom. The number of halogens is 3. The number of carbonyl (C=O) groups is 1. The van der Waals surface area contributed by atoms with Crippen LogP contribution >= 0.6 is 0 Å². The number of nitrogens with one attached hydrogen (secondary N) is 2. The topological polar surface area (TPSA) is 75.1 Å². The lowest BCUT2D eigenvalue weighted by Gasteiger charge is -2.19. The maximum Gasteiger partial charge on any atom is 0.416 e. The summed E-state index contributed by atoms with van der Waals surface area (Å²) in [4.78, 5) is 14.8. The lowest BCUT2D eigenvalue weighted by Crippen LogP contribution is -2.23. The molecular formula is C25H27F3N6O. The Morgan fingerprint density at radius 2 is 2.09 bits per heavy atom. The average molecular weight is 485 g/mol. The Labute approximate surface area is 201 Å². The third-order valence-electron chi connectivity index (χ3n) is 6.82. The lowest BCUT2D eigenvalue weighted by atomic mass is 9.97. The molecule has 0 bridgehead atoms. The van der Waals surface area contributed by atoms with E-state index in [2.05, 4.69) is 20.8 Å². The highest BCUT2D eigenvalue weighted by molar-refractivity contribution is 6.11. The second-order valence-corrected chi connectivity index (χ2v) is 9.33. The zero-order valence-corrected chi connectivity index (χ0v) is 19.6. The third-order valence-corrected chi connectivity index (χ3v) is 6.82. The van der Waals surface area contributed by atoms with Crippen molar-refractivity contribution in [1.29, 1.82) is 0 Å². The van der Waals surface area contributed by atoms with Gasteiger partial charge in [0.25, 0.3) is 5.91 Å². The molecule has 0 spiro atoms. The molecule has 2 aliphatic heterocycles. The van der Waals surface area contributed by atoms with Crippen molar-refractivity contribution in [2.45, 2.75) is 44.4 Å². The van der Waals surface area contributed by atoms with Gasteiger partial charge in [-0.1, -0.05) is 19.1 Å². The Kier molecular flexibility index (Phi) is 6.00. The second kappa shape index (κ2) is 8.99. The molecule has 1 amide bonds. The predicted molar refractivity (Wildman–Crippen MR) is 126 cm³/mol. The van der Waals surface area contributed by atoms with E-state index >= 15 is 0 Å². The summed E-state index contributed by atoms with van der Waals surface area (Å²) in [5.41, 5.74) is 1.25. The molecule has 0 aliphatic carbocycles. The van der Waals surface area contributed by atoms with E-state index in [1.807, 2.05) is 36.7 Å². The molecule has 0 unspecified atom stereocenters. The van der Waals surface area contributed by atoms with Crippen LogP contribution in [0.3, 0.4) is 0 Å². The molecule has 5 rings (SSSR count). The number of alkyl halides is 3. The first-order chi connectivity index (χ1) is 16.7. The molecule has 0 saturated carbocycles. The average Bonchev–Trinajstić information content (AvgIpc) is 3.55. The van der Waals surface area contributed by atoms with Crippen molar-refractivity contribution in [1.82, 2.24) is 20.1 Å². The van der Waals surface area contributed by atoms with Crippen LogP contribution in [0.4, 0.5) is 24.5 Å². The molecule has 184 valence electrons. The van der Waals surface area contributed by atoms with E-state index in [0.717, 1.165) is 30.4 Å². The first-order valence-electron chi connectivity index (χ1n) is 11.7. The zero-order chi connectivity index (χ0) is 24.7. The summed E-state index contributed by atoms with van der Waals surface area (Å²) < 4.78 is 43.8. The number of aromatic nitrogens is 3. The minimum absolute atomic E-state index is 0.0233. The van der Waals surface area contributed by atoms with Crippen LogP contribution in [0.15, 0.2) is 42.7 Å². The first-order valence-corrected chi connectivity index (χ1v) is 11.7. The van der Waals surface area contributed by atoms with E-state index in [1.54, 1.807) is 18.5 Å². The van der Waals surface area contributed by atoms with Crippen molar-refractivity contribution in [3.63, 3.8) is 0 Å². The monoisotopic (exact) mass is 484 g/mol. The van der Waals surface area contributed by atoms with Gasteiger partial charge in [0.2, 0.25) is 0 Å². The number of rotatable bonds is 6. The maximum atomic E-state index is 14.0. The van der Waals surface area contributed by atoms with Crippen LogP contribution in [0.25, 0.3) is 0 Å².